The van der Waals surface area contributed by atoms with Crippen molar-refractivity contribution in [2.45, 2.75) is 90.9 Å². The van der Waals surface area contributed by atoms with Crippen LogP contribution in [0.25, 0.3) is 0 Å². The van der Waals surface area contributed by atoms with Crippen LogP contribution in [0.5, 0.6) is 0 Å². The van der Waals surface area contributed by atoms with Gasteiger partial charge in [0.1, 0.15) is 6.61 Å². The SMILES string of the molecule is CCCCCCCCCC(=O)OCCOCCOCCOCCOCCOCCOCCOCCOCCOCCOCCOCCCCCC. The molecule has 0 spiro atoms. The molecular weight excluding hydrogens is 664 g/mol. The number of carbonyl (C=O) groups excluding carboxylic acids is 1. The molecule has 0 amide bonds. The van der Waals surface area contributed by atoms with Crippen molar-refractivity contribution in [2.75, 3.05) is 152 Å². The molecule has 0 aromatic heterocycles. The van der Waals surface area contributed by atoms with Gasteiger partial charge in [0.15, 0.2) is 0 Å². The fourth-order valence-electron chi connectivity index (χ4n) is 4.45. The molecule has 0 saturated heterocycles. The van der Waals surface area contributed by atoms with Gasteiger partial charge < -0.3 is 56.8 Å². The standard InChI is InChI=1S/C38H76O13/c1-3-5-7-9-10-11-12-14-38(39)51-37-36-50-35-34-49-33-32-48-31-30-47-29-28-46-27-26-45-25-24-44-23-22-43-21-20-42-19-18-41-17-16-40-15-13-8-6-4-2/h3-37H2,1-2H3. The van der Waals surface area contributed by atoms with Gasteiger partial charge in [0.05, 0.1) is 139 Å². The Morgan fingerprint density at radius 3 is 0.824 bits per heavy atom. The Hall–Kier alpha value is -0.970. The van der Waals surface area contributed by atoms with Gasteiger partial charge in [0, 0.05) is 13.0 Å². The van der Waals surface area contributed by atoms with Crippen LogP contribution in [0.4, 0.5) is 0 Å². The molecule has 0 aliphatic heterocycles. The van der Waals surface area contributed by atoms with Crippen molar-refractivity contribution in [2.24, 2.45) is 0 Å². The Bertz CT molecular complexity index is 645. The number of carbonyl (C=O) groups is 1. The van der Waals surface area contributed by atoms with E-state index in [4.69, 9.17) is 56.8 Å². The van der Waals surface area contributed by atoms with Gasteiger partial charge >= 0.3 is 5.97 Å². The molecule has 0 aliphatic carbocycles. The zero-order chi connectivity index (χ0) is 36.8. The minimum absolute atomic E-state index is 0.139. The third kappa shape index (κ3) is 47.0. The van der Waals surface area contributed by atoms with Crippen molar-refractivity contribution in [3.05, 3.63) is 0 Å². The Balaban J connectivity index is 3.09. The normalized spacial score (nSPS) is 11.5. The molecule has 0 bridgehead atoms. The first-order chi connectivity index (χ1) is 25.3. The fraction of sp³-hybridized carbons (Fsp3) is 0.974. The average Bonchev–Trinajstić information content (AvgIpc) is 3.14. The van der Waals surface area contributed by atoms with E-state index in [1.54, 1.807) is 0 Å². The lowest BCUT2D eigenvalue weighted by Crippen LogP contribution is -2.15. The van der Waals surface area contributed by atoms with Gasteiger partial charge in [-0.15, -0.1) is 0 Å². The predicted molar refractivity (Wildman–Crippen MR) is 197 cm³/mol. The number of unbranched alkanes of at least 4 members (excludes halogenated alkanes) is 9. The summed E-state index contributed by atoms with van der Waals surface area (Å²) in [5.41, 5.74) is 0. The third-order valence-electron chi connectivity index (χ3n) is 7.34. The highest BCUT2D eigenvalue weighted by Crippen LogP contribution is 2.08. The summed E-state index contributed by atoms with van der Waals surface area (Å²) in [5, 5.41) is 0. The molecule has 0 fully saturated rings. The monoisotopic (exact) mass is 741 g/mol. The molecular formula is C38H76O13. The number of esters is 1. The fourth-order valence-corrected chi connectivity index (χ4v) is 4.45. The van der Waals surface area contributed by atoms with Gasteiger partial charge in [-0.3, -0.25) is 4.79 Å². The van der Waals surface area contributed by atoms with Crippen LogP contribution in [0.2, 0.25) is 0 Å². The minimum atomic E-state index is -0.139. The lowest BCUT2D eigenvalue weighted by Gasteiger charge is -2.09. The van der Waals surface area contributed by atoms with Crippen molar-refractivity contribution >= 4 is 5.97 Å². The van der Waals surface area contributed by atoms with Crippen LogP contribution >= 0.6 is 0 Å². The number of rotatable bonds is 46. The summed E-state index contributed by atoms with van der Waals surface area (Å²) in [6.45, 7) is 16.3. The maximum atomic E-state index is 11.7. The summed E-state index contributed by atoms with van der Waals surface area (Å²) in [6, 6.07) is 0. The first-order valence-corrected chi connectivity index (χ1v) is 19.8. The van der Waals surface area contributed by atoms with Crippen LogP contribution in [0, 0.1) is 0 Å². The lowest BCUT2D eigenvalue weighted by atomic mass is 10.1. The highest BCUT2D eigenvalue weighted by atomic mass is 16.6. The van der Waals surface area contributed by atoms with Crippen LogP contribution in [-0.2, 0) is 61.6 Å². The Morgan fingerprint density at radius 2 is 0.510 bits per heavy atom. The summed E-state index contributed by atoms with van der Waals surface area (Å²) in [7, 11) is 0. The van der Waals surface area contributed by atoms with E-state index in [0.29, 0.717) is 145 Å². The lowest BCUT2D eigenvalue weighted by molar-refractivity contribution is -0.145. The van der Waals surface area contributed by atoms with Gasteiger partial charge in [-0.2, -0.15) is 0 Å². The first-order valence-electron chi connectivity index (χ1n) is 19.8. The molecule has 0 atom stereocenters. The molecule has 0 saturated carbocycles. The smallest absolute Gasteiger partial charge is 0.305 e. The molecule has 13 heteroatoms. The maximum absolute atomic E-state index is 11.7. The van der Waals surface area contributed by atoms with E-state index in [0.717, 1.165) is 25.9 Å². The zero-order valence-corrected chi connectivity index (χ0v) is 32.6. The predicted octanol–water partition coefficient (Wildman–Crippen LogP) is 5.43. The maximum Gasteiger partial charge on any atom is 0.305 e. The number of hydrogen-bond donors (Lipinski definition) is 0. The van der Waals surface area contributed by atoms with Gasteiger partial charge in [-0.1, -0.05) is 71.6 Å². The van der Waals surface area contributed by atoms with E-state index in [9.17, 15) is 4.79 Å². The summed E-state index contributed by atoms with van der Waals surface area (Å²) < 4.78 is 65.6. The molecule has 0 aromatic rings. The summed E-state index contributed by atoms with van der Waals surface area (Å²) in [6.07, 6.45) is 13.7. The van der Waals surface area contributed by atoms with Crippen molar-refractivity contribution in [3.8, 4) is 0 Å². The summed E-state index contributed by atoms with van der Waals surface area (Å²) in [5.74, 6) is -0.139. The second kappa shape index (κ2) is 47.1. The van der Waals surface area contributed by atoms with Crippen molar-refractivity contribution in [3.63, 3.8) is 0 Å². The van der Waals surface area contributed by atoms with Crippen LogP contribution in [-0.4, -0.2) is 158 Å². The molecule has 0 aliphatic rings. The molecule has 306 valence electrons. The first kappa shape index (κ1) is 50.0. The Morgan fingerprint density at radius 1 is 0.275 bits per heavy atom. The Kier molecular flexibility index (Phi) is 46.2. The minimum Gasteiger partial charge on any atom is -0.463 e. The molecule has 0 rings (SSSR count). The van der Waals surface area contributed by atoms with E-state index in [-0.39, 0.29) is 12.6 Å². The van der Waals surface area contributed by atoms with Gasteiger partial charge in [0.2, 0.25) is 0 Å². The summed E-state index contributed by atoms with van der Waals surface area (Å²) in [4.78, 5) is 11.7. The highest BCUT2D eigenvalue weighted by molar-refractivity contribution is 5.69. The molecule has 51 heavy (non-hydrogen) atoms. The topological polar surface area (TPSA) is 128 Å². The van der Waals surface area contributed by atoms with Crippen LogP contribution < -0.4 is 0 Å². The van der Waals surface area contributed by atoms with E-state index in [1.807, 2.05) is 0 Å². The molecule has 0 N–H and O–H groups in total. The average molecular weight is 741 g/mol. The van der Waals surface area contributed by atoms with E-state index in [1.165, 1.54) is 51.4 Å². The third-order valence-corrected chi connectivity index (χ3v) is 7.34. The van der Waals surface area contributed by atoms with Crippen LogP contribution in [0.3, 0.4) is 0 Å². The molecule has 0 heterocycles. The molecule has 0 aromatic carbocycles. The van der Waals surface area contributed by atoms with Gasteiger partial charge in [0.25, 0.3) is 0 Å². The quantitative estimate of drug-likeness (QED) is 0.0582. The van der Waals surface area contributed by atoms with Gasteiger partial charge in [-0.05, 0) is 12.8 Å². The molecule has 0 unspecified atom stereocenters. The number of ether oxygens (including phenoxy) is 12. The zero-order valence-electron chi connectivity index (χ0n) is 32.6. The van der Waals surface area contributed by atoms with Crippen molar-refractivity contribution in [1.29, 1.82) is 0 Å². The largest absolute Gasteiger partial charge is 0.463 e. The van der Waals surface area contributed by atoms with Crippen LogP contribution in [0.15, 0.2) is 0 Å². The number of hydrogen-bond acceptors (Lipinski definition) is 13. The molecule has 13 nitrogen and oxygen atoms in total. The summed E-state index contributed by atoms with van der Waals surface area (Å²) >= 11 is 0. The second-order valence-corrected chi connectivity index (χ2v) is 11.9. The van der Waals surface area contributed by atoms with Crippen molar-refractivity contribution < 1.29 is 61.6 Å². The van der Waals surface area contributed by atoms with Crippen molar-refractivity contribution in [1.82, 2.24) is 0 Å². The Labute approximate surface area is 310 Å². The molecule has 0 radical (unpaired) electrons. The highest BCUT2D eigenvalue weighted by Gasteiger charge is 2.03. The van der Waals surface area contributed by atoms with E-state index in [2.05, 4.69) is 13.8 Å². The van der Waals surface area contributed by atoms with E-state index < -0.39 is 0 Å². The van der Waals surface area contributed by atoms with Crippen LogP contribution in [0.1, 0.15) is 90.9 Å². The van der Waals surface area contributed by atoms with E-state index >= 15 is 0 Å². The van der Waals surface area contributed by atoms with Gasteiger partial charge in [-0.25, -0.2) is 0 Å². The second-order valence-electron chi connectivity index (χ2n) is 11.9.